The van der Waals surface area contributed by atoms with Crippen LogP contribution in [0.2, 0.25) is 0 Å². The van der Waals surface area contributed by atoms with Crippen molar-refractivity contribution in [2.24, 2.45) is 0 Å². The van der Waals surface area contributed by atoms with Crippen molar-refractivity contribution in [1.29, 1.82) is 0 Å². The van der Waals surface area contributed by atoms with E-state index < -0.39 is 0 Å². The van der Waals surface area contributed by atoms with Crippen molar-refractivity contribution in [3.63, 3.8) is 0 Å². The van der Waals surface area contributed by atoms with Gasteiger partial charge in [0.25, 0.3) is 0 Å². The van der Waals surface area contributed by atoms with Gasteiger partial charge in [0.2, 0.25) is 0 Å². The first kappa shape index (κ1) is 12.9. The highest BCUT2D eigenvalue weighted by Gasteiger charge is 2.02. The Kier molecular flexibility index (Phi) is 7.77. The number of rotatable bonds is 3. The number of quaternary nitrogens is 1. The summed E-state index contributed by atoms with van der Waals surface area (Å²) in [6.07, 6.45) is 3.04. The van der Waals surface area contributed by atoms with Crippen LogP contribution >= 0.6 is 11.6 Å². The van der Waals surface area contributed by atoms with Crippen LogP contribution in [0.5, 0.6) is 0 Å². The molecule has 0 heterocycles. The molecule has 0 spiro atoms. The lowest BCUT2D eigenvalue weighted by atomic mass is 10.4. The molecule has 0 aliphatic carbocycles. The van der Waals surface area contributed by atoms with Crippen LogP contribution in [0.3, 0.4) is 0 Å². The third-order valence-electron chi connectivity index (χ3n) is 1.06. The smallest absolute Gasteiger partial charge is 0.0815 e. The molecular weight excluding hydrogens is 169 g/mol. The Morgan fingerprint density at radius 2 is 1.80 bits per heavy atom. The van der Waals surface area contributed by atoms with Crippen LogP contribution < -0.4 is 12.4 Å². The Bertz CT molecular complexity index is 94.3. The van der Waals surface area contributed by atoms with Crippen LogP contribution in [0.25, 0.3) is 0 Å². The normalized spacial score (nSPS) is 11.6. The molecule has 0 N–H and O–H groups in total. The second-order valence-electron chi connectivity index (χ2n) is 3.16. The summed E-state index contributed by atoms with van der Waals surface area (Å²) in [5, 5.41) is 0. The van der Waals surface area contributed by atoms with Gasteiger partial charge in [-0.3, -0.25) is 0 Å². The fourth-order valence-corrected chi connectivity index (χ4v) is 0.651. The molecule has 1 nitrogen and oxygen atoms in total. The standard InChI is InChI=1S/C7H15ClN.ClH/c1-9(2,3)7-5-4-6-8;/h4,6H,5,7H2,1-3H3;1H/q+1;/p-1. The lowest BCUT2D eigenvalue weighted by Gasteiger charge is -2.22. The molecular formula is C7H15Cl2N. The lowest BCUT2D eigenvalue weighted by Crippen LogP contribution is -3.00. The summed E-state index contributed by atoms with van der Waals surface area (Å²) in [6, 6.07) is 0. The Morgan fingerprint density at radius 1 is 1.30 bits per heavy atom. The van der Waals surface area contributed by atoms with Crippen LogP contribution in [0.1, 0.15) is 6.42 Å². The van der Waals surface area contributed by atoms with Crippen molar-refractivity contribution >= 4 is 11.6 Å². The molecule has 0 saturated heterocycles. The molecule has 0 atom stereocenters. The van der Waals surface area contributed by atoms with Gasteiger partial charge < -0.3 is 16.9 Å². The zero-order chi connectivity index (χ0) is 7.33. The Hall–Kier alpha value is 0.280. The second-order valence-corrected chi connectivity index (χ2v) is 3.42. The molecule has 3 heteroatoms. The van der Waals surface area contributed by atoms with Crippen molar-refractivity contribution in [2.45, 2.75) is 6.42 Å². The van der Waals surface area contributed by atoms with E-state index in [0.717, 1.165) is 17.4 Å². The van der Waals surface area contributed by atoms with Gasteiger partial charge in [0.05, 0.1) is 27.7 Å². The maximum atomic E-state index is 5.34. The van der Waals surface area contributed by atoms with Gasteiger partial charge in [-0.1, -0.05) is 17.7 Å². The van der Waals surface area contributed by atoms with Gasteiger partial charge in [0.1, 0.15) is 0 Å². The van der Waals surface area contributed by atoms with E-state index in [-0.39, 0.29) is 12.4 Å². The second kappa shape index (κ2) is 6.02. The Balaban J connectivity index is 0. The number of nitrogens with zero attached hydrogens (tertiary/aromatic N) is 1. The lowest BCUT2D eigenvalue weighted by molar-refractivity contribution is -0.869. The molecule has 0 rings (SSSR count). The van der Waals surface area contributed by atoms with E-state index in [4.69, 9.17) is 11.6 Å². The molecule has 0 fully saturated rings. The average molecular weight is 184 g/mol. The van der Waals surface area contributed by atoms with Crippen LogP contribution in [-0.4, -0.2) is 32.2 Å². The first-order valence-corrected chi connectivity index (χ1v) is 3.55. The van der Waals surface area contributed by atoms with Gasteiger partial charge in [-0.05, 0) is 0 Å². The van der Waals surface area contributed by atoms with Gasteiger partial charge in [-0.2, -0.15) is 0 Å². The monoisotopic (exact) mass is 183 g/mol. The quantitative estimate of drug-likeness (QED) is 0.485. The first-order valence-electron chi connectivity index (χ1n) is 3.12. The molecule has 0 aromatic heterocycles. The highest BCUT2D eigenvalue weighted by atomic mass is 35.5. The molecule has 0 radical (unpaired) electrons. The summed E-state index contributed by atoms with van der Waals surface area (Å²) in [4.78, 5) is 0. The van der Waals surface area contributed by atoms with E-state index in [2.05, 4.69) is 21.1 Å². The summed E-state index contributed by atoms with van der Waals surface area (Å²) in [5.41, 5.74) is 1.58. The van der Waals surface area contributed by atoms with E-state index in [0.29, 0.717) is 0 Å². The van der Waals surface area contributed by atoms with E-state index in [9.17, 15) is 0 Å². The van der Waals surface area contributed by atoms with E-state index in [1.54, 1.807) is 5.54 Å². The summed E-state index contributed by atoms with van der Waals surface area (Å²) >= 11 is 5.34. The van der Waals surface area contributed by atoms with Gasteiger partial charge in [0.15, 0.2) is 0 Å². The van der Waals surface area contributed by atoms with E-state index in [1.807, 2.05) is 6.08 Å². The summed E-state index contributed by atoms with van der Waals surface area (Å²) < 4.78 is 1.00. The Labute approximate surface area is 74.7 Å². The van der Waals surface area contributed by atoms with Crippen LogP contribution in [0.4, 0.5) is 0 Å². The van der Waals surface area contributed by atoms with Gasteiger partial charge >= 0.3 is 0 Å². The molecule has 0 aliphatic rings. The topological polar surface area (TPSA) is 0 Å². The zero-order valence-electron chi connectivity index (χ0n) is 6.77. The van der Waals surface area contributed by atoms with Crippen LogP contribution in [0.15, 0.2) is 11.6 Å². The zero-order valence-corrected chi connectivity index (χ0v) is 8.28. The van der Waals surface area contributed by atoms with Gasteiger partial charge in [-0.25, -0.2) is 0 Å². The van der Waals surface area contributed by atoms with Crippen molar-refractivity contribution in [1.82, 2.24) is 0 Å². The summed E-state index contributed by atoms with van der Waals surface area (Å²) in [7, 11) is 6.51. The fraction of sp³-hybridized carbons (Fsp3) is 0.714. The molecule has 0 unspecified atom stereocenters. The third kappa shape index (κ3) is 11.1. The molecule has 0 amide bonds. The van der Waals surface area contributed by atoms with E-state index >= 15 is 0 Å². The minimum absolute atomic E-state index is 0. The maximum Gasteiger partial charge on any atom is 0.0815 e. The predicted octanol–water partition coefficient (Wildman–Crippen LogP) is -1.16. The fourth-order valence-electron chi connectivity index (χ4n) is 0.525. The van der Waals surface area contributed by atoms with Crippen LogP contribution in [0, 0.1) is 0 Å². The number of hydrogen-bond donors (Lipinski definition) is 0. The van der Waals surface area contributed by atoms with E-state index in [1.165, 1.54) is 0 Å². The van der Waals surface area contributed by atoms with Crippen molar-refractivity contribution in [2.75, 3.05) is 27.7 Å². The minimum atomic E-state index is 0. The number of hydrogen-bond acceptors (Lipinski definition) is 0. The molecule has 10 heavy (non-hydrogen) atoms. The van der Waals surface area contributed by atoms with Crippen molar-refractivity contribution in [3.8, 4) is 0 Å². The van der Waals surface area contributed by atoms with Gasteiger partial charge in [-0.15, -0.1) is 0 Å². The molecule has 0 aliphatic heterocycles. The molecule has 0 aromatic carbocycles. The average Bonchev–Trinajstić information content (AvgIpc) is 1.63. The molecule has 0 bridgehead atoms. The minimum Gasteiger partial charge on any atom is -1.00 e. The Morgan fingerprint density at radius 3 is 2.10 bits per heavy atom. The van der Waals surface area contributed by atoms with Crippen molar-refractivity contribution in [3.05, 3.63) is 11.6 Å². The first-order chi connectivity index (χ1) is 4.06. The largest absolute Gasteiger partial charge is 1.00 e. The molecule has 0 aromatic rings. The molecule has 0 saturated carbocycles. The predicted molar refractivity (Wildman–Crippen MR) is 42.5 cm³/mol. The van der Waals surface area contributed by atoms with Crippen LogP contribution in [-0.2, 0) is 0 Å². The summed E-state index contributed by atoms with van der Waals surface area (Å²) in [5.74, 6) is 0. The number of halogens is 2. The highest BCUT2D eigenvalue weighted by molar-refractivity contribution is 6.25. The highest BCUT2D eigenvalue weighted by Crippen LogP contribution is 1.94. The van der Waals surface area contributed by atoms with Crippen molar-refractivity contribution < 1.29 is 16.9 Å². The van der Waals surface area contributed by atoms with Gasteiger partial charge in [0, 0.05) is 12.0 Å². The molecule has 62 valence electrons. The SMILES string of the molecule is C[N+](C)(C)CCC=CCl.[Cl-]. The summed E-state index contributed by atoms with van der Waals surface area (Å²) in [6.45, 7) is 1.14. The third-order valence-corrected chi connectivity index (χ3v) is 1.23. The maximum absolute atomic E-state index is 5.34.